The molecule has 158 valence electrons. The highest BCUT2D eigenvalue weighted by Gasteiger charge is 2.16. The molecule has 0 saturated heterocycles. The summed E-state index contributed by atoms with van der Waals surface area (Å²) in [6, 6.07) is 25.1. The summed E-state index contributed by atoms with van der Waals surface area (Å²) in [6.45, 7) is 0.843. The molecule has 2 aromatic carbocycles. The van der Waals surface area contributed by atoms with E-state index in [0.29, 0.717) is 0 Å². The molecule has 3 heterocycles. The average Bonchev–Trinajstić information content (AvgIpc) is 3.22. The minimum absolute atomic E-state index is 0.254. The normalized spacial score (nSPS) is 11.0. The predicted molar refractivity (Wildman–Crippen MR) is 128 cm³/mol. The van der Waals surface area contributed by atoms with E-state index in [2.05, 4.69) is 45.6 Å². The fourth-order valence-electron chi connectivity index (χ4n) is 3.98. The summed E-state index contributed by atoms with van der Waals surface area (Å²) in [7, 11) is 0. The number of hydrogen-bond acceptors (Lipinski definition) is 3. The Morgan fingerprint density at radius 2 is 1.59 bits per heavy atom. The zero-order valence-electron chi connectivity index (χ0n) is 17.6. The van der Waals surface area contributed by atoms with E-state index < -0.39 is 0 Å². The van der Waals surface area contributed by atoms with Gasteiger partial charge in [-0.25, -0.2) is 9.37 Å². The van der Waals surface area contributed by atoms with Crippen molar-refractivity contribution in [1.82, 2.24) is 15.0 Å². The molecular formula is C27H23FN4. The molecule has 32 heavy (non-hydrogen) atoms. The highest BCUT2D eigenvalue weighted by atomic mass is 19.1. The Kier molecular flexibility index (Phi) is 5.62. The van der Waals surface area contributed by atoms with Crippen LogP contribution in [0.3, 0.4) is 0 Å². The lowest BCUT2D eigenvalue weighted by molar-refractivity contribution is 0.628. The maximum absolute atomic E-state index is 13.5. The van der Waals surface area contributed by atoms with Crippen molar-refractivity contribution in [1.29, 1.82) is 0 Å². The van der Waals surface area contributed by atoms with Crippen molar-refractivity contribution in [3.63, 3.8) is 0 Å². The monoisotopic (exact) mass is 422 g/mol. The van der Waals surface area contributed by atoms with Gasteiger partial charge in [0.25, 0.3) is 0 Å². The molecule has 0 aliphatic carbocycles. The third kappa shape index (κ3) is 4.23. The van der Waals surface area contributed by atoms with Crippen LogP contribution in [-0.2, 0) is 6.42 Å². The van der Waals surface area contributed by atoms with Crippen LogP contribution < -0.4 is 5.32 Å². The summed E-state index contributed by atoms with van der Waals surface area (Å²) >= 11 is 0. The van der Waals surface area contributed by atoms with Crippen LogP contribution >= 0.6 is 0 Å². The van der Waals surface area contributed by atoms with Gasteiger partial charge in [0.15, 0.2) is 0 Å². The topological polar surface area (TPSA) is 53.6 Å². The number of fused-ring (bicyclic) bond motifs is 1. The highest BCUT2D eigenvalue weighted by molar-refractivity contribution is 6.02. The van der Waals surface area contributed by atoms with Crippen molar-refractivity contribution in [2.45, 2.75) is 12.8 Å². The highest BCUT2D eigenvalue weighted by Crippen LogP contribution is 2.38. The third-order valence-corrected chi connectivity index (χ3v) is 5.55. The zero-order valence-corrected chi connectivity index (χ0v) is 17.6. The second-order valence-electron chi connectivity index (χ2n) is 7.73. The van der Waals surface area contributed by atoms with Gasteiger partial charge < -0.3 is 10.3 Å². The standard InChI is InChI=1S/C27H23FN4/c28-22-10-8-21(9-11-22)26-25(20-14-17-29-18-15-20)23-12-13-24(31-27(23)32-26)30-16-4-7-19-5-2-1-3-6-19/h1-3,5-6,8-15,17-18H,4,7,16H2,(H2,30,31,32). The van der Waals surface area contributed by atoms with Gasteiger partial charge in [-0.05, 0) is 78.1 Å². The number of aromatic amines is 1. The Bertz CT molecular complexity index is 1310. The number of pyridine rings is 2. The Hall–Kier alpha value is -3.99. The van der Waals surface area contributed by atoms with Crippen LogP contribution in [0.4, 0.5) is 10.2 Å². The van der Waals surface area contributed by atoms with E-state index >= 15 is 0 Å². The van der Waals surface area contributed by atoms with Crippen molar-refractivity contribution >= 4 is 16.9 Å². The number of hydrogen-bond donors (Lipinski definition) is 2. The van der Waals surface area contributed by atoms with Crippen LogP contribution in [-0.4, -0.2) is 21.5 Å². The SMILES string of the molecule is Fc1ccc(-c2[nH]c3nc(NCCCc4ccccc4)ccc3c2-c2ccncc2)cc1. The number of H-pyrrole nitrogens is 1. The van der Waals surface area contributed by atoms with E-state index in [1.165, 1.54) is 17.7 Å². The smallest absolute Gasteiger partial charge is 0.140 e. The first-order valence-electron chi connectivity index (χ1n) is 10.7. The van der Waals surface area contributed by atoms with E-state index in [1.807, 2.05) is 24.3 Å². The number of nitrogens with one attached hydrogen (secondary N) is 2. The average molecular weight is 423 g/mol. The molecule has 0 bridgehead atoms. The van der Waals surface area contributed by atoms with Gasteiger partial charge in [-0.15, -0.1) is 0 Å². The third-order valence-electron chi connectivity index (χ3n) is 5.55. The quantitative estimate of drug-likeness (QED) is 0.295. The number of halogens is 1. The van der Waals surface area contributed by atoms with E-state index in [4.69, 9.17) is 4.98 Å². The molecule has 5 heteroatoms. The Balaban J connectivity index is 1.43. The van der Waals surface area contributed by atoms with Gasteiger partial charge in [0.1, 0.15) is 17.3 Å². The number of nitrogens with zero attached hydrogens (tertiary/aromatic N) is 2. The molecule has 0 amide bonds. The van der Waals surface area contributed by atoms with Gasteiger partial charge in [-0.1, -0.05) is 30.3 Å². The lowest BCUT2D eigenvalue weighted by Crippen LogP contribution is -2.04. The Labute approximate surface area is 186 Å². The molecule has 0 atom stereocenters. The first kappa shape index (κ1) is 19.9. The summed E-state index contributed by atoms with van der Waals surface area (Å²) in [5.74, 6) is 0.578. The number of anilines is 1. The number of aromatic nitrogens is 3. The van der Waals surface area contributed by atoms with Crippen LogP contribution in [0.15, 0.2) is 91.3 Å². The van der Waals surface area contributed by atoms with Crippen LogP contribution in [0.25, 0.3) is 33.4 Å². The molecule has 5 aromatic rings. The minimum atomic E-state index is -0.254. The first-order valence-corrected chi connectivity index (χ1v) is 10.7. The van der Waals surface area contributed by atoms with Crippen molar-refractivity contribution in [3.8, 4) is 22.4 Å². The van der Waals surface area contributed by atoms with Gasteiger partial charge in [-0.3, -0.25) is 4.98 Å². The van der Waals surface area contributed by atoms with Crippen molar-refractivity contribution < 1.29 is 4.39 Å². The fourth-order valence-corrected chi connectivity index (χ4v) is 3.98. The summed E-state index contributed by atoms with van der Waals surface area (Å²) in [4.78, 5) is 12.4. The van der Waals surface area contributed by atoms with Gasteiger partial charge in [-0.2, -0.15) is 0 Å². The molecular weight excluding hydrogens is 399 g/mol. The fraction of sp³-hybridized carbons (Fsp3) is 0.111. The molecule has 0 spiro atoms. The number of benzene rings is 2. The van der Waals surface area contributed by atoms with E-state index in [1.54, 1.807) is 24.5 Å². The molecule has 0 aliphatic rings. The molecule has 0 radical (unpaired) electrons. The summed E-state index contributed by atoms with van der Waals surface area (Å²) < 4.78 is 13.5. The van der Waals surface area contributed by atoms with Gasteiger partial charge in [0, 0.05) is 29.9 Å². The largest absolute Gasteiger partial charge is 0.370 e. The molecule has 5 rings (SSSR count). The summed E-state index contributed by atoms with van der Waals surface area (Å²) in [6.07, 6.45) is 5.61. The maximum Gasteiger partial charge on any atom is 0.140 e. The predicted octanol–water partition coefficient (Wildman–Crippen LogP) is 6.48. The number of aryl methyl sites for hydroxylation is 1. The molecule has 0 aliphatic heterocycles. The lowest BCUT2D eigenvalue weighted by atomic mass is 10.00. The first-order chi connectivity index (χ1) is 15.8. The maximum atomic E-state index is 13.5. The van der Waals surface area contributed by atoms with Gasteiger partial charge in [0.2, 0.25) is 0 Å². The molecule has 4 nitrogen and oxygen atoms in total. The second kappa shape index (κ2) is 9.02. The minimum Gasteiger partial charge on any atom is -0.370 e. The number of rotatable bonds is 7. The van der Waals surface area contributed by atoms with Crippen molar-refractivity contribution in [2.24, 2.45) is 0 Å². The Morgan fingerprint density at radius 3 is 2.38 bits per heavy atom. The molecule has 2 N–H and O–H groups in total. The summed E-state index contributed by atoms with van der Waals surface area (Å²) in [5.41, 5.74) is 6.04. The van der Waals surface area contributed by atoms with E-state index in [9.17, 15) is 4.39 Å². The van der Waals surface area contributed by atoms with Crippen LogP contribution in [0, 0.1) is 5.82 Å². The van der Waals surface area contributed by atoms with E-state index in [0.717, 1.165) is 58.6 Å². The molecule has 0 fully saturated rings. The van der Waals surface area contributed by atoms with Crippen LogP contribution in [0.2, 0.25) is 0 Å². The molecule has 3 aromatic heterocycles. The molecule has 0 unspecified atom stereocenters. The second-order valence-corrected chi connectivity index (χ2v) is 7.73. The zero-order chi connectivity index (χ0) is 21.8. The Morgan fingerprint density at radius 1 is 0.812 bits per heavy atom. The van der Waals surface area contributed by atoms with Crippen LogP contribution in [0.1, 0.15) is 12.0 Å². The van der Waals surface area contributed by atoms with Gasteiger partial charge >= 0.3 is 0 Å². The van der Waals surface area contributed by atoms with Gasteiger partial charge in [0.05, 0.1) is 5.69 Å². The molecule has 0 saturated carbocycles. The van der Waals surface area contributed by atoms with E-state index in [-0.39, 0.29) is 5.82 Å². The van der Waals surface area contributed by atoms with Crippen molar-refractivity contribution in [2.75, 3.05) is 11.9 Å². The van der Waals surface area contributed by atoms with Crippen molar-refractivity contribution in [3.05, 3.63) is 103 Å². The van der Waals surface area contributed by atoms with Crippen LogP contribution in [0.5, 0.6) is 0 Å². The lowest BCUT2D eigenvalue weighted by Gasteiger charge is -2.07. The summed E-state index contributed by atoms with van der Waals surface area (Å²) in [5, 5.41) is 4.45.